The quantitative estimate of drug-likeness (QED) is 0.661. The van der Waals surface area contributed by atoms with Crippen LogP contribution in [0, 0.1) is 6.92 Å². The second-order valence-corrected chi connectivity index (χ2v) is 3.14. The SMILES string of the molecule is CCC(COC)n1nnc(C=O)c1C. The van der Waals surface area contributed by atoms with E-state index < -0.39 is 0 Å². The van der Waals surface area contributed by atoms with Crippen LogP contribution in [0.15, 0.2) is 0 Å². The minimum atomic E-state index is 0.154. The number of aldehydes is 1. The Bertz CT molecular complexity index is 309. The van der Waals surface area contributed by atoms with Crippen LogP contribution in [-0.4, -0.2) is 35.0 Å². The molecular weight excluding hydrogens is 182 g/mol. The predicted octanol–water partition coefficient (Wildman–Crippen LogP) is 0.997. The Morgan fingerprint density at radius 1 is 1.64 bits per heavy atom. The summed E-state index contributed by atoms with van der Waals surface area (Å²) in [4.78, 5) is 10.6. The van der Waals surface area contributed by atoms with Crippen molar-refractivity contribution in [1.29, 1.82) is 0 Å². The second kappa shape index (κ2) is 4.85. The number of nitrogens with zero attached hydrogens (tertiary/aromatic N) is 3. The molecule has 0 amide bonds. The van der Waals surface area contributed by atoms with E-state index in [1.807, 2.05) is 13.8 Å². The Labute approximate surface area is 83.1 Å². The molecule has 0 aliphatic heterocycles. The van der Waals surface area contributed by atoms with Gasteiger partial charge in [0.1, 0.15) is 5.69 Å². The van der Waals surface area contributed by atoms with E-state index in [1.54, 1.807) is 11.8 Å². The van der Waals surface area contributed by atoms with Crippen LogP contribution >= 0.6 is 0 Å². The van der Waals surface area contributed by atoms with E-state index in [0.717, 1.165) is 18.4 Å². The lowest BCUT2D eigenvalue weighted by Gasteiger charge is -2.14. The predicted molar refractivity (Wildman–Crippen MR) is 51.4 cm³/mol. The fourth-order valence-electron chi connectivity index (χ4n) is 1.36. The highest BCUT2D eigenvalue weighted by Gasteiger charge is 2.15. The van der Waals surface area contributed by atoms with Gasteiger partial charge in [-0.2, -0.15) is 0 Å². The number of carbonyl (C=O) groups excluding carboxylic acids is 1. The highest BCUT2D eigenvalue weighted by molar-refractivity contribution is 5.72. The molecule has 78 valence electrons. The Morgan fingerprint density at radius 3 is 2.79 bits per heavy atom. The average Bonchev–Trinajstić information content (AvgIpc) is 2.56. The molecule has 0 aliphatic carbocycles. The third-order valence-electron chi connectivity index (χ3n) is 2.25. The summed E-state index contributed by atoms with van der Waals surface area (Å²) in [5.74, 6) is 0. The van der Waals surface area contributed by atoms with Crippen LogP contribution in [0.3, 0.4) is 0 Å². The standard InChI is InChI=1S/C9H15N3O2/c1-4-8(6-14-3)12-7(2)9(5-13)10-11-12/h5,8H,4,6H2,1-3H3. The van der Waals surface area contributed by atoms with Gasteiger partial charge in [-0.05, 0) is 13.3 Å². The maximum atomic E-state index is 10.6. The van der Waals surface area contributed by atoms with Crippen molar-refractivity contribution in [1.82, 2.24) is 15.0 Å². The Balaban J connectivity index is 2.92. The molecule has 0 aliphatic rings. The average molecular weight is 197 g/mol. The van der Waals surface area contributed by atoms with Gasteiger partial charge in [0.05, 0.1) is 18.3 Å². The summed E-state index contributed by atoms with van der Waals surface area (Å²) in [6.07, 6.45) is 1.62. The molecule has 0 fully saturated rings. The molecule has 5 heteroatoms. The molecular formula is C9H15N3O2. The van der Waals surface area contributed by atoms with Gasteiger partial charge >= 0.3 is 0 Å². The zero-order chi connectivity index (χ0) is 10.6. The lowest BCUT2D eigenvalue weighted by Crippen LogP contribution is -2.16. The van der Waals surface area contributed by atoms with Gasteiger partial charge in [0.25, 0.3) is 0 Å². The van der Waals surface area contributed by atoms with E-state index in [-0.39, 0.29) is 6.04 Å². The van der Waals surface area contributed by atoms with Crippen molar-refractivity contribution in [2.75, 3.05) is 13.7 Å². The molecule has 1 unspecified atom stereocenters. The van der Waals surface area contributed by atoms with Gasteiger partial charge in [0.15, 0.2) is 6.29 Å². The van der Waals surface area contributed by atoms with E-state index >= 15 is 0 Å². The normalized spacial score (nSPS) is 12.8. The zero-order valence-electron chi connectivity index (χ0n) is 8.73. The van der Waals surface area contributed by atoms with Crippen LogP contribution in [0.5, 0.6) is 0 Å². The summed E-state index contributed by atoms with van der Waals surface area (Å²) in [5, 5.41) is 7.71. The summed E-state index contributed by atoms with van der Waals surface area (Å²) < 4.78 is 6.81. The number of carbonyl (C=O) groups is 1. The second-order valence-electron chi connectivity index (χ2n) is 3.14. The first-order valence-electron chi connectivity index (χ1n) is 4.60. The van der Waals surface area contributed by atoms with Gasteiger partial charge < -0.3 is 4.74 Å². The number of rotatable bonds is 5. The number of methoxy groups -OCH3 is 1. The van der Waals surface area contributed by atoms with E-state index in [9.17, 15) is 4.79 Å². The van der Waals surface area contributed by atoms with Crippen molar-refractivity contribution < 1.29 is 9.53 Å². The van der Waals surface area contributed by atoms with Gasteiger partial charge in [0.2, 0.25) is 0 Å². The van der Waals surface area contributed by atoms with Crippen LogP contribution in [0.2, 0.25) is 0 Å². The van der Waals surface area contributed by atoms with Crippen molar-refractivity contribution in [3.8, 4) is 0 Å². The largest absolute Gasteiger partial charge is 0.382 e. The first-order chi connectivity index (χ1) is 6.74. The van der Waals surface area contributed by atoms with Crippen LogP contribution in [0.4, 0.5) is 0 Å². The van der Waals surface area contributed by atoms with Gasteiger partial charge in [-0.3, -0.25) is 4.79 Å². The van der Waals surface area contributed by atoms with Crippen molar-refractivity contribution in [2.45, 2.75) is 26.3 Å². The molecule has 5 nitrogen and oxygen atoms in total. The number of ether oxygens (including phenoxy) is 1. The van der Waals surface area contributed by atoms with Gasteiger partial charge in [-0.25, -0.2) is 4.68 Å². The third-order valence-corrected chi connectivity index (χ3v) is 2.25. The van der Waals surface area contributed by atoms with Crippen molar-refractivity contribution in [3.63, 3.8) is 0 Å². The van der Waals surface area contributed by atoms with Crippen LogP contribution in [0.1, 0.15) is 35.6 Å². The third kappa shape index (κ3) is 1.98. The molecule has 0 radical (unpaired) electrons. The van der Waals surface area contributed by atoms with Crippen LogP contribution in [0.25, 0.3) is 0 Å². The summed E-state index contributed by atoms with van der Waals surface area (Å²) in [7, 11) is 1.65. The van der Waals surface area contributed by atoms with E-state index in [4.69, 9.17) is 4.74 Å². The Hall–Kier alpha value is -1.23. The van der Waals surface area contributed by atoms with Crippen LogP contribution < -0.4 is 0 Å². The fourth-order valence-corrected chi connectivity index (χ4v) is 1.36. The monoisotopic (exact) mass is 197 g/mol. The molecule has 0 N–H and O–H groups in total. The number of aromatic nitrogens is 3. The first-order valence-corrected chi connectivity index (χ1v) is 4.60. The summed E-state index contributed by atoms with van der Waals surface area (Å²) in [6, 6.07) is 0.154. The van der Waals surface area contributed by atoms with Gasteiger partial charge in [-0.1, -0.05) is 12.1 Å². The lowest BCUT2D eigenvalue weighted by atomic mass is 10.2. The number of hydrogen-bond donors (Lipinski definition) is 0. The number of hydrogen-bond acceptors (Lipinski definition) is 4. The van der Waals surface area contributed by atoms with Crippen molar-refractivity contribution >= 4 is 6.29 Å². The molecule has 0 aromatic carbocycles. The maximum absolute atomic E-state index is 10.6. The lowest BCUT2D eigenvalue weighted by molar-refractivity contribution is 0.111. The molecule has 1 rings (SSSR count). The van der Waals surface area contributed by atoms with E-state index in [0.29, 0.717) is 12.3 Å². The van der Waals surface area contributed by atoms with E-state index in [2.05, 4.69) is 10.3 Å². The molecule has 0 spiro atoms. The fraction of sp³-hybridized carbons (Fsp3) is 0.667. The Kier molecular flexibility index (Phi) is 3.76. The molecule has 0 saturated heterocycles. The minimum absolute atomic E-state index is 0.154. The summed E-state index contributed by atoms with van der Waals surface area (Å²) >= 11 is 0. The summed E-state index contributed by atoms with van der Waals surface area (Å²) in [6.45, 7) is 4.46. The van der Waals surface area contributed by atoms with E-state index in [1.165, 1.54) is 0 Å². The van der Waals surface area contributed by atoms with Crippen LogP contribution in [-0.2, 0) is 4.74 Å². The van der Waals surface area contributed by atoms with Gasteiger partial charge in [-0.15, -0.1) is 5.10 Å². The highest BCUT2D eigenvalue weighted by atomic mass is 16.5. The molecule has 0 bridgehead atoms. The zero-order valence-corrected chi connectivity index (χ0v) is 8.73. The topological polar surface area (TPSA) is 57.0 Å². The molecule has 0 saturated carbocycles. The van der Waals surface area contributed by atoms with Crippen molar-refractivity contribution in [2.24, 2.45) is 0 Å². The first kappa shape index (κ1) is 10.8. The molecule has 1 heterocycles. The molecule has 14 heavy (non-hydrogen) atoms. The van der Waals surface area contributed by atoms with Gasteiger partial charge in [0, 0.05) is 7.11 Å². The highest BCUT2D eigenvalue weighted by Crippen LogP contribution is 2.13. The summed E-state index contributed by atoms with van der Waals surface area (Å²) in [5.41, 5.74) is 1.20. The minimum Gasteiger partial charge on any atom is -0.382 e. The molecule has 1 aromatic rings. The molecule has 1 aromatic heterocycles. The maximum Gasteiger partial charge on any atom is 0.172 e. The molecule has 1 atom stereocenters. The smallest absolute Gasteiger partial charge is 0.172 e. The Morgan fingerprint density at radius 2 is 2.36 bits per heavy atom. The van der Waals surface area contributed by atoms with Crippen molar-refractivity contribution in [3.05, 3.63) is 11.4 Å².